The summed E-state index contributed by atoms with van der Waals surface area (Å²) in [5.41, 5.74) is 3.07. The maximum Gasteiger partial charge on any atom is 0.242 e. The van der Waals surface area contributed by atoms with Gasteiger partial charge in [-0.25, -0.2) is 12.7 Å². The first-order valence-corrected chi connectivity index (χ1v) is 10.0. The van der Waals surface area contributed by atoms with E-state index in [0.717, 1.165) is 23.1 Å². The van der Waals surface area contributed by atoms with Crippen LogP contribution in [0.5, 0.6) is 0 Å². The summed E-state index contributed by atoms with van der Waals surface area (Å²) in [5, 5.41) is 0. The number of rotatable bonds is 5. The number of benzene rings is 1. The van der Waals surface area contributed by atoms with Crippen molar-refractivity contribution in [2.45, 2.75) is 31.2 Å². The zero-order valence-corrected chi connectivity index (χ0v) is 15.9. The van der Waals surface area contributed by atoms with E-state index >= 15 is 0 Å². The van der Waals surface area contributed by atoms with Gasteiger partial charge in [0.1, 0.15) is 0 Å². The van der Waals surface area contributed by atoms with Crippen molar-refractivity contribution in [3.05, 3.63) is 59.4 Å². The zero-order chi connectivity index (χ0) is 18.7. The fourth-order valence-corrected chi connectivity index (χ4v) is 4.32. The van der Waals surface area contributed by atoms with E-state index in [2.05, 4.69) is 4.98 Å². The van der Waals surface area contributed by atoms with Crippen LogP contribution in [-0.2, 0) is 34.2 Å². The van der Waals surface area contributed by atoms with Crippen molar-refractivity contribution >= 4 is 15.9 Å². The van der Waals surface area contributed by atoms with E-state index < -0.39 is 10.0 Å². The van der Waals surface area contributed by atoms with Gasteiger partial charge in [-0.1, -0.05) is 6.07 Å². The number of amides is 1. The Hall–Kier alpha value is -2.25. The summed E-state index contributed by atoms with van der Waals surface area (Å²) in [7, 11) is -1.97. The monoisotopic (exact) mass is 373 g/mol. The van der Waals surface area contributed by atoms with Crippen molar-refractivity contribution in [3.8, 4) is 0 Å². The molecule has 138 valence electrons. The number of hydrogen-bond donors (Lipinski definition) is 0. The van der Waals surface area contributed by atoms with Crippen LogP contribution < -0.4 is 0 Å². The van der Waals surface area contributed by atoms with Gasteiger partial charge in [-0.15, -0.1) is 0 Å². The van der Waals surface area contributed by atoms with Crippen LogP contribution in [0.2, 0.25) is 0 Å². The number of nitrogens with zero attached hydrogens (tertiary/aromatic N) is 3. The van der Waals surface area contributed by atoms with E-state index in [9.17, 15) is 13.2 Å². The molecule has 0 atom stereocenters. The van der Waals surface area contributed by atoms with Gasteiger partial charge in [0.2, 0.25) is 15.9 Å². The number of likely N-dealkylation sites (N-methyl/N-ethyl adjacent to an activating group) is 1. The van der Waals surface area contributed by atoms with Gasteiger partial charge in [0, 0.05) is 46.0 Å². The Morgan fingerprint density at radius 1 is 1.19 bits per heavy atom. The van der Waals surface area contributed by atoms with Gasteiger partial charge in [-0.2, -0.15) is 0 Å². The zero-order valence-electron chi connectivity index (χ0n) is 15.1. The smallest absolute Gasteiger partial charge is 0.242 e. The summed E-state index contributed by atoms with van der Waals surface area (Å²) >= 11 is 0. The van der Waals surface area contributed by atoms with Gasteiger partial charge in [0.05, 0.1) is 4.90 Å². The Labute approximate surface area is 154 Å². The fraction of sp³-hybridized carbons (Fsp3) is 0.368. The minimum atomic E-state index is -3.57. The molecule has 0 aliphatic carbocycles. The summed E-state index contributed by atoms with van der Waals surface area (Å²) in [6, 6.07) is 9.02. The van der Waals surface area contributed by atoms with E-state index in [-0.39, 0.29) is 10.8 Å². The van der Waals surface area contributed by atoms with Crippen LogP contribution in [0.25, 0.3) is 0 Å². The molecule has 1 aromatic heterocycles. The third-order valence-electron chi connectivity index (χ3n) is 4.81. The molecule has 0 unspecified atom stereocenters. The summed E-state index contributed by atoms with van der Waals surface area (Å²) in [6.45, 7) is 3.08. The molecule has 2 heterocycles. The van der Waals surface area contributed by atoms with Crippen LogP contribution >= 0.6 is 0 Å². The highest BCUT2D eigenvalue weighted by molar-refractivity contribution is 7.89. The molecule has 1 amide bonds. The van der Waals surface area contributed by atoms with Crippen molar-refractivity contribution < 1.29 is 13.2 Å². The second-order valence-corrected chi connectivity index (χ2v) is 8.60. The Kier molecular flexibility index (Phi) is 5.38. The maximum absolute atomic E-state index is 12.9. The number of pyridine rings is 1. The lowest BCUT2D eigenvalue weighted by Gasteiger charge is -2.28. The van der Waals surface area contributed by atoms with Gasteiger partial charge in [0.25, 0.3) is 0 Å². The molecule has 0 spiro atoms. The number of aromatic nitrogens is 1. The van der Waals surface area contributed by atoms with E-state index in [4.69, 9.17) is 0 Å². The van der Waals surface area contributed by atoms with Crippen molar-refractivity contribution in [3.63, 3.8) is 0 Å². The highest BCUT2D eigenvalue weighted by atomic mass is 32.2. The predicted octanol–water partition coefficient (Wildman–Crippen LogP) is 1.85. The SMILES string of the molecule is CC(=O)N1CCc2ccc(S(=O)(=O)N(C)CCc3ccncc3)cc2C1. The molecule has 1 aliphatic heterocycles. The minimum Gasteiger partial charge on any atom is -0.338 e. The Balaban J connectivity index is 1.76. The molecule has 0 saturated carbocycles. The molecular weight excluding hydrogens is 350 g/mol. The average Bonchev–Trinajstić information content (AvgIpc) is 2.65. The van der Waals surface area contributed by atoms with Gasteiger partial charge < -0.3 is 4.90 Å². The molecule has 26 heavy (non-hydrogen) atoms. The first kappa shape index (κ1) is 18.5. The predicted molar refractivity (Wildman–Crippen MR) is 99.0 cm³/mol. The molecule has 3 rings (SSSR count). The van der Waals surface area contributed by atoms with Crippen molar-refractivity contribution in [2.24, 2.45) is 0 Å². The third-order valence-corrected chi connectivity index (χ3v) is 6.66. The largest absolute Gasteiger partial charge is 0.338 e. The van der Waals surface area contributed by atoms with E-state index in [1.165, 1.54) is 4.31 Å². The molecule has 0 N–H and O–H groups in total. The second-order valence-electron chi connectivity index (χ2n) is 6.55. The molecule has 0 fully saturated rings. The molecule has 0 radical (unpaired) electrons. The number of hydrogen-bond acceptors (Lipinski definition) is 4. The Bertz CT molecular complexity index is 898. The van der Waals surface area contributed by atoms with Crippen LogP contribution in [0.15, 0.2) is 47.6 Å². The Morgan fingerprint density at radius 2 is 1.92 bits per heavy atom. The van der Waals surface area contributed by atoms with Crippen LogP contribution in [0, 0.1) is 0 Å². The number of carbonyl (C=O) groups is 1. The molecular formula is C19H23N3O3S. The summed E-state index contributed by atoms with van der Waals surface area (Å²) in [5.74, 6) is 0.0124. The molecule has 0 bridgehead atoms. The standard InChI is InChI=1S/C19H23N3O3S/c1-15(23)22-12-8-17-3-4-19(13-18(17)14-22)26(24,25)21(2)11-7-16-5-9-20-10-6-16/h3-6,9-10,13H,7-8,11-12,14H2,1-2H3. The summed E-state index contributed by atoms with van der Waals surface area (Å²) in [4.78, 5) is 17.6. The van der Waals surface area contributed by atoms with Crippen molar-refractivity contribution in [1.82, 2.24) is 14.2 Å². The van der Waals surface area contributed by atoms with Crippen molar-refractivity contribution in [1.29, 1.82) is 0 Å². The van der Waals surface area contributed by atoms with Crippen molar-refractivity contribution in [2.75, 3.05) is 20.1 Å². The first-order valence-electron chi connectivity index (χ1n) is 8.60. The molecule has 0 saturated heterocycles. The highest BCUT2D eigenvalue weighted by Crippen LogP contribution is 2.24. The average molecular weight is 373 g/mol. The number of carbonyl (C=O) groups excluding carboxylic acids is 1. The van der Waals surface area contributed by atoms with Crippen LogP contribution in [0.1, 0.15) is 23.6 Å². The number of fused-ring (bicyclic) bond motifs is 1. The van der Waals surface area contributed by atoms with E-state index in [1.54, 1.807) is 43.4 Å². The third kappa shape index (κ3) is 3.94. The fourth-order valence-electron chi connectivity index (χ4n) is 3.10. The van der Waals surface area contributed by atoms with Gasteiger partial charge >= 0.3 is 0 Å². The quantitative estimate of drug-likeness (QED) is 0.802. The topological polar surface area (TPSA) is 70.6 Å². The van der Waals surface area contributed by atoms with Gasteiger partial charge in [-0.05, 0) is 53.8 Å². The van der Waals surface area contributed by atoms with E-state index in [0.29, 0.717) is 26.1 Å². The minimum absolute atomic E-state index is 0.0124. The molecule has 2 aromatic rings. The molecule has 7 heteroatoms. The highest BCUT2D eigenvalue weighted by Gasteiger charge is 2.24. The van der Waals surface area contributed by atoms with E-state index in [1.807, 2.05) is 18.2 Å². The normalized spacial score (nSPS) is 14.3. The molecule has 1 aliphatic rings. The lowest BCUT2D eigenvalue weighted by atomic mass is 10.00. The maximum atomic E-state index is 12.9. The lowest BCUT2D eigenvalue weighted by molar-refractivity contribution is -0.129. The van der Waals surface area contributed by atoms with Crippen LogP contribution in [0.3, 0.4) is 0 Å². The number of sulfonamides is 1. The Morgan fingerprint density at radius 3 is 2.62 bits per heavy atom. The van der Waals surface area contributed by atoms with Crippen LogP contribution in [0.4, 0.5) is 0 Å². The summed E-state index contributed by atoms with van der Waals surface area (Å²) in [6.07, 6.45) is 4.79. The molecule has 6 nitrogen and oxygen atoms in total. The van der Waals surface area contributed by atoms with Crippen LogP contribution in [-0.4, -0.2) is 48.7 Å². The second kappa shape index (κ2) is 7.55. The summed E-state index contributed by atoms with van der Waals surface area (Å²) < 4.78 is 27.2. The first-order chi connectivity index (χ1) is 12.4. The lowest BCUT2D eigenvalue weighted by Crippen LogP contribution is -2.34. The van der Waals surface area contributed by atoms with Gasteiger partial charge in [0.15, 0.2) is 0 Å². The van der Waals surface area contributed by atoms with Gasteiger partial charge in [-0.3, -0.25) is 9.78 Å². The molecule has 1 aromatic carbocycles.